The number of nitrogen functional groups attached to an aromatic ring is 1. The molecule has 0 unspecified atom stereocenters. The Morgan fingerprint density at radius 3 is 2.67 bits per heavy atom. The third-order valence-corrected chi connectivity index (χ3v) is 2.64. The lowest BCUT2D eigenvalue weighted by molar-refractivity contribution is 0.102. The van der Waals surface area contributed by atoms with Crippen LogP contribution in [0.15, 0.2) is 42.5 Å². The van der Waals surface area contributed by atoms with Gasteiger partial charge in [0.05, 0.1) is 10.7 Å². The van der Waals surface area contributed by atoms with Gasteiger partial charge in [-0.25, -0.2) is 4.39 Å². The highest BCUT2D eigenvalue weighted by molar-refractivity contribution is 6.33. The number of anilines is 2. The molecule has 2 rings (SSSR count). The second-order valence-electron chi connectivity index (χ2n) is 3.70. The minimum Gasteiger partial charge on any atom is -0.399 e. The first-order valence-corrected chi connectivity index (χ1v) is 5.56. The molecular weight excluding hydrogens is 255 g/mol. The molecule has 0 bridgehead atoms. The normalized spacial score (nSPS) is 10.1. The van der Waals surface area contributed by atoms with Crippen molar-refractivity contribution in [3.8, 4) is 0 Å². The average molecular weight is 265 g/mol. The molecule has 0 aliphatic heterocycles. The summed E-state index contributed by atoms with van der Waals surface area (Å²) in [7, 11) is 0. The molecule has 0 heterocycles. The van der Waals surface area contributed by atoms with Crippen molar-refractivity contribution in [1.82, 2.24) is 0 Å². The van der Waals surface area contributed by atoms with Crippen molar-refractivity contribution in [2.75, 3.05) is 11.1 Å². The maximum Gasteiger partial charge on any atom is 0.255 e. The molecule has 92 valence electrons. The van der Waals surface area contributed by atoms with Gasteiger partial charge in [0.2, 0.25) is 0 Å². The largest absolute Gasteiger partial charge is 0.399 e. The van der Waals surface area contributed by atoms with E-state index in [2.05, 4.69) is 5.32 Å². The number of benzene rings is 2. The van der Waals surface area contributed by atoms with Crippen LogP contribution in [0.5, 0.6) is 0 Å². The van der Waals surface area contributed by atoms with E-state index in [9.17, 15) is 9.18 Å². The molecule has 0 aliphatic carbocycles. The fourth-order valence-corrected chi connectivity index (χ4v) is 1.68. The van der Waals surface area contributed by atoms with Gasteiger partial charge in [0, 0.05) is 11.3 Å². The molecule has 0 aliphatic rings. The predicted octanol–water partition coefficient (Wildman–Crippen LogP) is 3.31. The SMILES string of the molecule is Nc1cccc(C(=O)Nc2ccc(F)cc2Cl)c1. The van der Waals surface area contributed by atoms with Crippen LogP contribution in [-0.4, -0.2) is 5.91 Å². The first-order chi connectivity index (χ1) is 8.56. The van der Waals surface area contributed by atoms with Gasteiger partial charge in [-0.2, -0.15) is 0 Å². The molecule has 3 N–H and O–H groups in total. The number of carbonyl (C=O) groups excluding carboxylic acids is 1. The number of hydrogen-bond donors (Lipinski definition) is 2. The third-order valence-electron chi connectivity index (χ3n) is 2.33. The minimum atomic E-state index is -0.457. The zero-order valence-electron chi connectivity index (χ0n) is 9.28. The maximum atomic E-state index is 12.8. The lowest BCUT2D eigenvalue weighted by Gasteiger charge is -2.07. The quantitative estimate of drug-likeness (QED) is 0.818. The van der Waals surface area contributed by atoms with E-state index in [0.29, 0.717) is 16.9 Å². The Hall–Kier alpha value is -2.07. The van der Waals surface area contributed by atoms with Gasteiger partial charge in [-0.1, -0.05) is 17.7 Å². The Labute approximate surface area is 108 Å². The van der Waals surface area contributed by atoms with Gasteiger partial charge in [-0.15, -0.1) is 0 Å². The molecule has 0 aromatic heterocycles. The lowest BCUT2D eigenvalue weighted by Crippen LogP contribution is -2.12. The molecule has 0 radical (unpaired) electrons. The van der Waals surface area contributed by atoms with E-state index in [-0.39, 0.29) is 10.9 Å². The standard InChI is InChI=1S/C13H10ClFN2O/c14-11-7-9(15)4-5-12(11)17-13(18)8-2-1-3-10(16)6-8/h1-7H,16H2,(H,17,18). The molecule has 0 spiro atoms. The van der Waals surface area contributed by atoms with E-state index in [4.69, 9.17) is 17.3 Å². The first-order valence-electron chi connectivity index (χ1n) is 5.18. The van der Waals surface area contributed by atoms with E-state index >= 15 is 0 Å². The van der Waals surface area contributed by atoms with Crippen LogP contribution in [0, 0.1) is 5.82 Å². The second-order valence-corrected chi connectivity index (χ2v) is 4.11. The van der Waals surface area contributed by atoms with Crippen molar-refractivity contribution in [2.45, 2.75) is 0 Å². The zero-order valence-corrected chi connectivity index (χ0v) is 10.0. The summed E-state index contributed by atoms with van der Waals surface area (Å²) in [5.74, 6) is -0.808. The van der Waals surface area contributed by atoms with Crippen LogP contribution in [0.25, 0.3) is 0 Å². The zero-order chi connectivity index (χ0) is 13.1. The molecule has 18 heavy (non-hydrogen) atoms. The molecule has 2 aromatic rings. The predicted molar refractivity (Wildman–Crippen MR) is 70.2 cm³/mol. The second kappa shape index (κ2) is 5.06. The first kappa shape index (κ1) is 12.4. The van der Waals surface area contributed by atoms with Gasteiger partial charge in [-0.3, -0.25) is 4.79 Å². The number of carbonyl (C=O) groups is 1. The maximum absolute atomic E-state index is 12.8. The van der Waals surface area contributed by atoms with E-state index in [1.165, 1.54) is 12.1 Å². The van der Waals surface area contributed by atoms with Crippen molar-refractivity contribution in [3.63, 3.8) is 0 Å². The average Bonchev–Trinajstić information content (AvgIpc) is 2.32. The summed E-state index contributed by atoms with van der Waals surface area (Å²) < 4.78 is 12.8. The molecule has 0 fully saturated rings. The van der Waals surface area contributed by atoms with Gasteiger partial charge in [0.1, 0.15) is 5.82 Å². The van der Waals surface area contributed by atoms with Crippen LogP contribution in [0.2, 0.25) is 5.02 Å². The van der Waals surface area contributed by atoms with E-state index in [1.807, 2.05) is 0 Å². The van der Waals surface area contributed by atoms with Gasteiger partial charge in [0.25, 0.3) is 5.91 Å². The Kier molecular flexibility index (Phi) is 3.48. The summed E-state index contributed by atoms with van der Waals surface area (Å²) in [6.07, 6.45) is 0. The van der Waals surface area contributed by atoms with Crippen molar-refractivity contribution in [2.24, 2.45) is 0 Å². The molecular formula is C13H10ClFN2O. The van der Waals surface area contributed by atoms with Gasteiger partial charge < -0.3 is 11.1 Å². The summed E-state index contributed by atoms with van der Waals surface area (Å²) in [6, 6.07) is 10.3. The highest BCUT2D eigenvalue weighted by Gasteiger charge is 2.09. The molecule has 1 amide bonds. The van der Waals surface area contributed by atoms with Gasteiger partial charge in [0.15, 0.2) is 0 Å². The number of nitrogens with two attached hydrogens (primary N) is 1. The Morgan fingerprint density at radius 1 is 1.22 bits per heavy atom. The summed E-state index contributed by atoms with van der Waals surface area (Å²) in [5.41, 5.74) is 6.84. The smallest absolute Gasteiger partial charge is 0.255 e. The minimum absolute atomic E-state index is 0.146. The van der Waals surface area contributed by atoms with E-state index in [0.717, 1.165) is 6.07 Å². The molecule has 0 saturated carbocycles. The highest BCUT2D eigenvalue weighted by atomic mass is 35.5. The van der Waals surface area contributed by atoms with Crippen LogP contribution in [0.1, 0.15) is 10.4 Å². The van der Waals surface area contributed by atoms with Crippen molar-refractivity contribution >= 4 is 28.9 Å². The lowest BCUT2D eigenvalue weighted by atomic mass is 10.2. The topological polar surface area (TPSA) is 55.1 Å². The van der Waals surface area contributed by atoms with Crippen molar-refractivity contribution in [1.29, 1.82) is 0 Å². The van der Waals surface area contributed by atoms with Crippen molar-refractivity contribution < 1.29 is 9.18 Å². The summed E-state index contributed by atoms with van der Waals surface area (Å²) in [6.45, 7) is 0. The number of nitrogens with one attached hydrogen (secondary N) is 1. The Balaban J connectivity index is 2.21. The fourth-order valence-electron chi connectivity index (χ4n) is 1.47. The molecule has 5 heteroatoms. The third kappa shape index (κ3) is 2.78. The van der Waals surface area contributed by atoms with Crippen LogP contribution >= 0.6 is 11.6 Å². The van der Waals surface area contributed by atoms with Crippen LogP contribution in [0.3, 0.4) is 0 Å². The highest BCUT2D eigenvalue weighted by Crippen LogP contribution is 2.23. The Bertz CT molecular complexity index is 601. The van der Waals surface area contributed by atoms with E-state index in [1.54, 1.807) is 24.3 Å². The molecule has 2 aromatic carbocycles. The van der Waals surface area contributed by atoms with Gasteiger partial charge >= 0.3 is 0 Å². The summed E-state index contributed by atoms with van der Waals surface area (Å²) in [5, 5.41) is 2.73. The van der Waals surface area contributed by atoms with E-state index < -0.39 is 5.82 Å². The molecule has 0 saturated heterocycles. The molecule has 0 atom stereocenters. The van der Waals surface area contributed by atoms with Crippen LogP contribution < -0.4 is 11.1 Å². The summed E-state index contributed by atoms with van der Waals surface area (Å²) in [4.78, 5) is 11.9. The van der Waals surface area contributed by atoms with Crippen molar-refractivity contribution in [3.05, 3.63) is 58.9 Å². The van der Waals surface area contributed by atoms with Crippen LogP contribution in [0.4, 0.5) is 15.8 Å². The summed E-state index contributed by atoms with van der Waals surface area (Å²) >= 11 is 5.81. The van der Waals surface area contributed by atoms with Gasteiger partial charge in [-0.05, 0) is 36.4 Å². The van der Waals surface area contributed by atoms with Crippen LogP contribution in [-0.2, 0) is 0 Å². The Morgan fingerprint density at radius 2 is 2.00 bits per heavy atom. The number of halogens is 2. The number of rotatable bonds is 2. The number of hydrogen-bond acceptors (Lipinski definition) is 2. The number of amides is 1. The fraction of sp³-hybridized carbons (Fsp3) is 0. The monoisotopic (exact) mass is 264 g/mol. The molecule has 3 nitrogen and oxygen atoms in total.